The van der Waals surface area contributed by atoms with E-state index >= 15 is 0 Å². The molecule has 0 aromatic heterocycles. The van der Waals surface area contributed by atoms with Crippen LogP contribution in [0.4, 0.5) is 5.69 Å². The van der Waals surface area contributed by atoms with Crippen LogP contribution in [0.2, 0.25) is 0 Å². The van der Waals surface area contributed by atoms with Crippen molar-refractivity contribution in [3.05, 3.63) is 39.4 Å². The van der Waals surface area contributed by atoms with Crippen LogP contribution in [0.1, 0.15) is 15.9 Å². The largest absolute Gasteiger partial charge is 0.478 e. The lowest BCUT2D eigenvalue weighted by atomic mass is 10.1. The summed E-state index contributed by atoms with van der Waals surface area (Å²) in [4.78, 5) is 20.1. The highest BCUT2D eigenvalue weighted by Gasteiger charge is 2.15. The van der Waals surface area contributed by atoms with E-state index in [1.54, 1.807) is 6.07 Å². The van der Waals surface area contributed by atoms with Gasteiger partial charge in [0.25, 0.3) is 5.69 Å². The molecule has 0 spiro atoms. The molecule has 6 heteroatoms. The van der Waals surface area contributed by atoms with Gasteiger partial charge in [-0.1, -0.05) is 0 Å². The second kappa shape index (κ2) is 3.53. The molecule has 0 heterocycles. The van der Waals surface area contributed by atoms with Gasteiger partial charge in [0.2, 0.25) is 0 Å². The zero-order chi connectivity index (χ0) is 10.7. The van der Waals surface area contributed by atoms with E-state index in [9.17, 15) is 14.9 Å². The first-order chi connectivity index (χ1) is 6.56. The van der Waals surface area contributed by atoms with Gasteiger partial charge in [0.15, 0.2) is 0 Å². The number of nitro benzene ring substituents is 1. The van der Waals surface area contributed by atoms with Crippen LogP contribution in [0, 0.1) is 21.4 Å². The lowest BCUT2D eigenvalue weighted by Crippen LogP contribution is -1.99. The number of rotatable bonds is 2. The molecule has 0 aliphatic heterocycles. The molecule has 1 aromatic rings. The van der Waals surface area contributed by atoms with Crippen molar-refractivity contribution in [2.75, 3.05) is 0 Å². The molecule has 0 atom stereocenters. The van der Waals surface area contributed by atoms with E-state index in [1.165, 1.54) is 0 Å². The monoisotopic (exact) mass is 192 g/mol. The van der Waals surface area contributed by atoms with Gasteiger partial charge < -0.3 is 5.11 Å². The SMILES string of the molecule is N#Cc1cc(C(=O)O)ccc1[N+](=O)[O-]. The lowest BCUT2D eigenvalue weighted by Gasteiger charge is -1.96. The molecular formula is C8H4N2O4. The average Bonchev–Trinajstić information content (AvgIpc) is 2.16. The quantitative estimate of drug-likeness (QED) is 0.559. The summed E-state index contributed by atoms with van der Waals surface area (Å²) in [5, 5.41) is 27.4. The molecule has 14 heavy (non-hydrogen) atoms. The maximum atomic E-state index is 10.5. The summed E-state index contributed by atoms with van der Waals surface area (Å²) in [5.74, 6) is -1.23. The number of carboxylic acid groups (broad SMARTS) is 1. The molecule has 0 aliphatic rings. The first-order valence-corrected chi connectivity index (χ1v) is 3.48. The summed E-state index contributed by atoms with van der Waals surface area (Å²) in [5.41, 5.74) is -0.792. The second-order valence-corrected chi connectivity index (χ2v) is 2.41. The molecule has 1 N–H and O–H groups in total. The Morgan fingerprint density at radius 1 is 1.57 bits per heavy atom. The van der Waals surface area contributed by atoms with Crippen LogP contribution in [0.5, 0.6) is 0 Å². The van der Waals surface area contributed by atoms with Gasteiger partial charge in [-0.2, -0.15) is 5.26 Å². The third kappa shape index (κ3) is 1.67. The molecule has 0 unspecified atom stereocenters. The Morgan fingerprint density at radius 3 is 2.64 bits per heavy atom. The van der Waals surface area contributed by atoms with Crippen LogP contribution >= 0.6 is 0 Å². The number of carboxylic acids is 1. The van der Waals surface area contributed by atoms with Crippen molar-refractivity contribution in [3.8, 4) is 6.07 Å². The van der Waals surface area contributed by atoms with E-state index < -0.39 is 16.6 Å². The highest BCUT2D eigenvalue weighted by Crippen LogP contribution is 2.18. The van der Waals surface area contributed by atoms with E-state index in [0.29, 0.717) is 0 Å². The van der Waals surface area contributed by atoms with E-state index in [1.807, 2.05) is 0 Å². The van der Waals surface area contributed by atoms with E-state index in [2.05, 4.69) is 0 Å². The molecule has 0 saturated carbocycles. The average molecular weight is 192 g/mol. The van der Waals surface area contributed by atoms with Crippen molar-refractivity contribution in [2.45, 2.75) is 0 Å². The number of hydrogen-bond donors (Lipinski definition) is 1. The number of nitro groups is 1. The molecule has 70 valence electrons. The first-order valence-electron chi connectivity index (χ1n) is 3.48. The van der Waals surface area contributed by atoms with Crippen LogP contribution in [-0.4, -0.2) is 16.0 Å². The molecular weight excluding hydrogens is 188 g/mol. The predicted octanol–water partition coefficient (Wildman–Crippen LogP) is 1.16. The minimum Gasteiger partial charge on any atom is -0.478 e. The van der Waals surface area contributed by atoms with Gasteiger partial charge >= 0.3 is 5.97 Å². The summed E-state index contributed by atoms with van der Waals surface area (Å²) in [6.45, 7) is 0. The lowest BCUT2D eigenvalue weighted by molar-refractivity contribution is -0.385. The fourth-order valence-corrected chi connectivity index (χ4v) is 0.918. The van der Waals surface area contributed by atoms with E-state index in [0.717, 1.165) is 18.2 Å². The van der Waals surface area contributed by atoms with Crippen molar-refractivity contribution < 1.29 is 14.8 Å². The van der Waals surface area contributed by atoms with Crippen LogP contribution in [0.25, 0.3) is 0 Å². The standard InChI is InChI=1S/C8H4N2O4/c9-4-6-3-5(8(11)12)1-2-7(6)10(13)14/h1-3H,(H,11,12). The highest BCUT2D eigenvalue weighted by atomic mass is 16.6. The Bertz CT molecular complexity index is 447. The molecule has 0 saturated heterocycles. The third-order valence-electron chi connectivity index (χ3n) is 1.56. The summed E-state index contributed by atoms with van der Waals surface area (Å²) in [7, 11) is 0. The van der Waals surface area contributed by atoms with Gasteiger partial charge in [-0.25, -0.2) is 4.79 Å². The summed E-state index contributed by atoms with van der Waals surface area (Å²) < 4.78 is 0. The normalized spacial score (nSPS) is 9.07. The van der Waals surface area contributed by atoms with Crippen LogP contribution in [0.15, 0.2) is 18.2 Å². The Balaban J connectivity index is 3.34. The van der Waals surface area contributed by atoms with Crippen molar-refractivity contribution in [2.24, 2.45) is 0 Å². The summed E-state index contributed by atoms with van der Waals surface area (Å²) in [6, 6.07) is 4.63. The number of hydrogen-bond acceptors (Lipinski definition) is 4. The molecule has 0 fully saturated rings. The Hall–Kier alpha value is -2.42. The molecule has 0 bridgehead atoms. The Kier molecular flexibility index (Phi) is 2.44. The molecule has 6 nitrogen and oxygen atoms in total. The zero-order valence-corrected chi connectivity index (χ0v) is 6.80. The van der Waals surface area contributed by atoms with Gasteiger partial charge in [0, 0.05) is 6.07 Å². The van der Waals surface area contributed by atoms with E-state index in [-0.39, 0.29) is 11.1 Å². The van der Waals surface area contributed by atoms with Crippen molar-refractivity contribution in [1.29, 1.82) is 5.26 Å². The minimum atomic E-state index is -1.23. The summed E-state index contributed by atoms with van der Waals surface area (Å²) >= 11 is 0. The minimum absolute atomic E-state index is 0.146. The van der Waals surface area contributed by atoms with Crippen molar-refractivity contribution in [1.82, 2.24) is 0 Å². The highest BCUT2D eigenvalue weighted by molar-refractivity contribution is 5.88. The molecule has 0 radical (unpaired) electrons. The molecule has 1 aromatic carbocycles. The summed E-state index contributed by atoms with van der Waals surface area (Å²) in [6.07, 6.45) is 0. The van der Waals surface area contributed by atoms with Gasteiger partial charge in [0.1, 0.15) is 11.6 Å². The Labute approximate surface area is 78.2 Å². The number of carbonyl (C=O) groups is 1. The molecule has 1 rings (SSSR count). The van der Waals surface area contributed by atoms with Gasteiger partial charge in [0.05, 0.1) is 10.5 Å². The maximum absolute atomic E-state index is 10.5. The smallest absolute Gasteiger partial charge is 0.335 e. The van der Waals surface area contributed by atoms with Crippen molar-refractivity contribution >= 4 is 11.7 Å². The van der Waals surface area contributed by atoms with E-state index in [4.69, 9.17) is 10.4 Å². The van der Waals surface area contributed by atoms with Gasteiger partial charge in [-0.05, 0) is 12.1 Å². The van der Waals surface area contributed by atoms with Crippen molar-refractivity contribution in [3.63, 3.8) is 0 Å². The first kappa shape index (κ1) is 9.67. The fourth-order valence-electron chi connectivity index (χ4n) is 0.918. The third-order valence-corrected chi connectivity index (χ3v) is 1.56. The Morgan fingerprint density at radius 2 is 2.21 bits per heavy atom. The second-order valence-electron chi connectivity index (χ2n) is 2.41. The predicted molar refractivity (Wildman–Crippen MR) is 44.8 cm³/mol. The van der Waals surface area contributed by atoms with Crippen LogP contribution < -0.4 is 0 Å². The number of nitrogens with zero attached hydrogens (tertiary/aromatic N) is 2. The number of benzene rings is 1. The number of nitriles is 1. The van der Waals surface area contributed by atoms with Crippen LogP contribution in [0.3, 0.4) is 0 Å². The molecule has 0 aliphatic carbocycles. The topological polar surface area (TPSA) is 104 Å². The van der Waals surface area contributed by atoms with Gasteiger partial charge in [-0.3, -0.25) is 10.1 Å². The maximum Gasteiger partial charge on any atom is 0.335 e. The fraction of sp³-hybridized carbons (Fsp3) is 0. The molecule has 0 amide bonds. The van der Waals surface area contributed by atoms with Gasteiger partial charge in [-0.15, -0.1) is 0 Å². The van der Waals surface area contributed by atoms with Crippen LogP contribution in [-0.2, 0) is 0 Å². The zero-order valence-electron chi connectivity index (χ0n) is 6.80. The number of aromatic carboxylic acids is 1.